The highest BCUT2D eigenvalue weighted by atomic mass is 16.5. The highest BCUT2D eigenvalue weighted by molar-refractivity contribution is 5.33. The monoisotopic (exact) mass is 247 g/mol. The number of ether oxygens (including phenoxy) is 1. The second kappa shape index (κ2) is 6.24. The van der Waals surface area contributed by atoms with Crippen LogP contribution in [0.3, 0.4) is 0 Å². The van der Waals surface area contributed by atoms with E-state index in [1.54, 1.807) is 7.11 Å². The third-order valence-corrected chi connectivity index (χ3v) is 4.08. The highest BCUT2D eigenvalue weighted by Gasteiger charge is 2.24. The minimum Gasteiger partial charge on any atom is -0.496 e. The lowest BCUT2D eigenvalue weighted by atomic mass is 10.0. The Balaban J connectivity index is 1.92. The Kier molecular flexibility index (Phi) is 4.65. The van der Waals surface area contributed by atoms with Crippen molar-refractivity contribution in [3.63, 3.8) is 0 Å². The van der Waals surface area contributed by atoms with Gasteiger partial charge < -0.3 is 10.1 Å². The predicted octanol–water partition coefficient (Wildman–Crippen LogP) is 3.40. The van der Waals surface area contributed by atoms with E-state index in [-0.39, 0.29) is 0 Å². The number of nitrogens with one attached hydrogen (secondary N) is 1. The first-order valence-corrected chi connectivity index (χ1v) is 7.08. The summed E-state index contributed by atoms with van der Waals surface area (Å²) >= 11 is 0. The molecule has 0 spiro atoms. The number of rotatable bonds is 5. The predicted molar refractivity (Wildman–Crippen MR) is 76.1 cm³/mol. The van der Waals surface area contributed by atoms with Gasteiger partial charge in [0, 0.05) is 12.1 Å². The second-order valence-corrected chi connectivity index (χ2v) is 5.60. The molecule has 0 heterocycles. The van der Waals surface area contributed by atoms with Gasteiger partial charge in [-0.2, -0.15) is 0 Å². The maximum atomic E-state index is 5.41. The van der Waals surface area contributed by atoms with Gasteiger partial charge in [-0.3, -0.25) is 0 Å². The molecule has 2 nitrogen and oxygen atoms in total. The number of benzene rings is 1. The summed E-state index contributed by atoms with van der Waals surface area (Å²) in [5.41, 5.74) is 1.30. The van der Waals surface area contributed by atoms with E-state index in [2.05, 4.69) is 31.3 Å². The van der Waals surface area contributed by atoms with Gasteiger partial charge in [-0.15, -0.1) is 0 Å². The minimum absolute atomic E-state index is 0.506. The smallest absolute Gasteiger partial charge is 0.122 e. The lowest BCUT2D eigenvalue weighted by Gasteiger charge is -2.23. The van der Waals surface area contributed by atoms with E-state index in [4.69, 9.17) is 4.74 Å². The number of hydrogen-bond acceptors (Lipinski definition) is 2. The summed E-state index contributed by atoms with van der Waals surface area (Å²) in [6.07, 6.45) is 5.12. The molecule has 1 aliphatic carbocycles. The third kappa shape index (κ3) is 3.26. The second-order valence-electron chi connectivity index (χ2n) is 5.60. The van der Waals surface area contributed by atoms with Gasteiger partial charge in [-0.25, -0.2) is 0 Å². The molecular formula is C16H25NO. The fourth-order valence-corrected chi connectivity index (χ4v) is 3.02. The van der Waals surface area contributed by atoms with Crippen LogP contribution in [0.15, 0.2) is 24.3 Å². The molecule has 18 heavy (non-hydrogen) atoms. The Labute approximate surface area is 111 Å². The van der Waals surface area contributed by atoms with Crippen molar-refractivity contribution in [3.8, 4) is 5.75 Å². The van der Waals surface area contributed by atoms with E-state index in [9.17, 15) is 0 Å². The van der Waals surface area contributed by atoms with Crippen LogP contribution in [0.1, 0.15) is 38.7 Å². The van der Waals surface area contributed by atoms with Gasteiger partial charge in [0.05, 0.1) is 7.11 Å². The molecule has 2 rings (SSSR count). The summed E-state index contributed by atoms with van der Waals surface area (Å²) in [6, 6.07) is 9.53. The summed E-state index contributed by atoms with van der Waals surface area (Å²) in [7, 11) is 1.75. The SMILES string of the molecule is COc1ccccc1CC(C)NC1CCCC1C. The Morgan fingerprint density at radius 1 is 1.33 bits per heavy atom. The zero-order chi connectivity index (χ0) is 13.0. The Morgan fingerprint density at radius 3 is 2.78 bits per heavy atom. The van der Waals surface area contributed by atoms with Gasteiger partial charge in [0.15, 0.2) is 0 Å². The highest BCUT2D eigenvalue weighted by Crippen LogP contribution is 2.26. The van der Waals surface area contributed by atoms with Gasteiger partial charge in [0.1, 0.15) is 5.75 Å². The van der Waals surface area contributed by atoms with Gasteiger partial charge in [-0.05, 0) is 43.7 Å². The summed E-state index contributed by atoms with van der Waals surface area (Å²) in [6.45, 7) is 4.64. The van der Waals surface area contributed by atoms with Crippen molar-refractivity contribution in [1.82, 2.24) is 5.32 Å². The first-order chi connectivity index (χ1) is 8.70. The van der Waals surface area contributed by atoms with Gasteiger partial charge >= 0.3 is 0 Å². The van der Waals surface area contributed by atoms with Gasteiger partial charge in [0.2, 0.25) is 0 Å². The Morgan fingerprint density at radius 2 is 2.11 bits per heavy atom. The van der Waals surface area contributed by atoms with Crippen molar-refractivity contribution in [1.29, 1.82) is 0 Å². The van der Waals surface area contributed by atoms with E-state index in [0.717, 1.165) is 18.1 Å². The largest absolute Gasteiger partial charge is 0.496 e. The van der Waals surface area contributed by atoms with Gasteiger partial charge in [-0.1, -0.05) is 31.5 Å². The molecule has 1 fully saturated rings. The number of methoxy groups -OCH3 is 1. The number of hydrogen-bond donors (Lipinski definition) is 1. The fourth-order valence-electron chi connectivity index (χ4n) is 3.02. The molecule has 0 bridgehead atoms. The first-order valence-electron chi connectivity index (χ1n) is 7.08. The average molecular weight is 247 g/mol. The molecule has 1 N–H and O–H groups in total. The molecule has 3 atom stereocenters. The summed E-state index contributed by atoms with van der Waals surface area (Å²) in [4.78, 5) is 0. The Hall–Kier alpha value is -1.02. The van der Waals surface area contributed by atoms with E-state index < -0.39 is 0 Å². The van der Waals surface area contributed by atoms with Crippen LogP contribution in [-0.4, -0.2) is 19.2 Å². The molecule has 0 saturated heterocycles. The van der Waals surface area contributed by atoms with Gasteiger partial charge in [0.25, 0.3) is 0 Å². The molecule has 1 aromatic carbocycles. The van der Waals surface area contributed by atoms with E-state index in [1.807, 2.05) is 12.1 Å². The number of para-hydroxylation sites is 1. The van der Waals surface area contributed by atoms with Crippen molar-refractivity contribution in [2.24, 2.45) is 5.92 Å². The molecule has 0 aliphatic heterocycles. The van der Waals surface area contributed by atoms with Crippen molar-refractivity contribution >= 4 is 0 Å². The topological polar surface area (TPSA) is 21.3 Å². The van der Waals surface area contributed by atoms with Crippen LogP contribution in [0.2, 0.25) is 0 Å². The van der Waals surface area contributed by atoms with Crippen LogP contribution in [-0.2, 0) is 6.42 Å². The van der Waals surface area contributed by atoms with Crippen LogP contribution in [0.4, 0.5) is 0 Å². The van der Waals surface area contributed by atoms with E-state index in [0.29, 0.717) is 12.1 Å². The molecule has 1 saturated carbocycles. The van der Waals surface area contributed by atoms with Crippen LogP contribution < -0.4 is 10.1 Å². The molecule has 0 radical (unpaired) electrons. The lowest BCUT2D eigenvalue weighted by Crippen LogP contribution is -2.39. The van der Waals surface area contributed by atoms with Crippen LogP contribution in [0.5, 0.6) is 5.75 Å². The molecule has 100 valence electrons. The van der Waals surface area contributed by atoms with E-state index >= 15 is 0 Å². The molecule has 2 heteroatoms. The maximum absolute atomic E-state index is 5.41. The third-order valence-electron chi connectivity index (χ3n) is 4.08. The van der Waals surface area contributed by atoms with Crippen molar-refractivity contribution in [2.75, 3.05) is 7.11 Å². The molecule has 1 aromatic rings. The van der Waals surface area contributed by atoms with E-state index in [1.165, 1.54) is 24.8 Å². The van der Waals surface area contributed by atoms with Crippen molar-refractivity contribution in [3.05, 3.63) is 29.8 Å². The summed E-state index contributed by atoms with van der Waals surface area (Å²) in [5.74, 6) is 1.83. The van der Waals surface area contributed by atoms with Crippen molar-refractivity contribution in [2.45, 2.75) is 51.6 Å². The quantitative estimate of drug-likeness (QED) is 0.861. The minimum atomic E-state index is 0.506. The van der Waals surface area contributed by atoms with Crippen molar-refractivity contribution < 1.29 is 4.74 Å². The first kappa shape index (κ1) is 13.4. The molecular weight excluding hydrogens is 222 g/mol. The molecule has 3 unspecified atom stereocenters. The standard InChI is InChI=1S/C16H25NO/c1-12-7-6-9-15(12)17-13(2)11-14-8-4-5-10-16(14)18-3/h4-5,8,10,12-13,15,17H,6-7,9,11H2,1-3H3. The molecule has 0 aromatic heterocycles. The summed E-state index contributed by atoms with van der Waals surface area (Å²) < 4.78 is 5.41. The zero-order valence-electron chi connectivity index (χ0n) is 11.8. The normalized spacial score (nSPS) is 25.1. The van der Waals surface area contributed by atoms with Crippen LogP contribution >= 0.6 is 0 Å². The van der Waals surface area contributed by atoms with Crippen LogP contribution in [0.25, 0.3) is 0 Å². The molecule has 1 aliphatic rings. The molecule has 0 amide bonds. The maximum Gasteiger partial charge on any atom is 0.122 e. The Bertz CT molecular complexity index is 377. The zero-order valence-corrected chi connectivity index (χ0v) is 11.8. The lowest BCUT2D eigenvalue weighted by molar-refractivity contribution is 0.374. The fraction of sp³-hybridized carbons (Fsp3) is 0.625. The average Bonchev–Trinajstić information content (AvgIpc) is 2.75. The summed E-state index contributed by atoms with van der Waals surface area (Å²) in [5, 5.41) is 3.77. The van der Waals surface area contributed by atoms with Crippen LogP contribution in [0, 0.1) is 5.92 Å².